The quantitative estimate of drug-likeness (QED) is 0.180. The molecule has 3 aromatic carbocycles. The molecule has 43 heavy (non-hydrogen) atoms. The first kappa shape index (κ1) is 31.3. The van der Waals surface area contributed by atoms with Crippen LogP contribution < -0.4 is 19.5 Å². The van der Waals surface area contributed by atoms with Gasteiger partial charge in [-0.25, -0.2) is 4.79 Å². The number of hydrogen-bond donors (Lipinski definition) is 2. The summed E-state index contributed by atoms with van der Waals surface area (Å²) in [6, 6.07) is 20.7. The smallest absolute Gasteiger partial charge is 0.322 e. The van der Waals surface area contributed by atoms with E-state index < -0.39 is 0 Å². The van der Waals surface area contributed by atoms with Crippen LogP contribution in [0.15, 0.2) is 72.9 Å². The van der Waals surface area contributed by atoms with Gasteiger partial charge in [0.15, 0.2) is 11.5 Å². The molecule has 0 unspecified atom stereocenters. The number of carbonyl (C=O) groups excluding carboxylic acids is 2. The van der Waals surface area contributed by atoms with Crippen molar-refractivity contribution >= 4 is 28.5 Å². The largest absolute Gasteiger partial charge is 0.493 e. The Morgan fingerprint density at radius 1 is 0.907 bits per heavy atom. The summed E-state index contributed by atoms with van der Waals surface area (Å²) in [5.74, 6) is 1.81. The van der Waals surface area contributed by atoms with E-state index in [9.17, 15) is 9.59 Å². The topological polar surface area (TPSA) is 96.1 Å². The molecule has 0 saturated carbocycles. The van der Waals surface area contributed by atoms with E-state index in [2.05, 4.69) is 16.4 Å². The monoisotopic (exact) mass is 586 g/mol. The summed E-state index contributed by atoms with van der Waals surface area (Å²) in [6.07, 6.45) is 2.65. The first-order valence-electron chi connectivity index (χ1n) is 14.6. The third kappa shape index (κ3) is 8.22. The molecule has 4 aromatic rings. The highest BCUT2D eigenvalue weighted by atomic mass is 16.5. The van der Waals surface area contributed by atoms with E-state index in [4.69, 9.17) is 14.2 Å². The first-order valence-corrected chi connectivity index (χ1v) is 14.6. The van der Waals surface area contributed by atoms with Crippen LogP contribution in [0.1, 0.15) is 31.9 Å². The van der Waals surface area contributed by atoms with E-state index in [0.717, 1.165) is 22.0 Å². The Hall–Kier alpha value is -4.66. The fraction of sp³-hybridized carbons (Fsp3) is 0.353. The minimum Gasteiger partial charge on any atom is -0.493 e. The zero-order valence-electron chi connectivity index (χ0n) is 25.7. The fourth-order valence-corrected chi connectivity index (χ4v) is 5.05. The normalized spacial score (nSPS) is 10.9. The number of para-hydroxylation sites is 3. The van der Waals surface area contributed by atoms with Gasteiger partial charge < -0.3 is 34.3 Å². The van der Waals surface area contributed by atoms with E-state index in [0.29, 0.717) is 55.6 Å². The Morgan fingerprint density at radius 3 is 2.40 bits per heavy atom. The number of fused-ring (bicyclic) bond motifs is 1. The Labute approximate surface area is 253 Å². The second kappa shape index (κ2) is 15.0. The highest BCUT2D eigenvalue weighted by Crippen LogP contribution is 2.29. The Bertz CT molecular complexity index is 1520. The van der Waals surface area contributed by atoms with Gasteiger partial charge in [-0.1, -0.05) is 50.2 Å². The van der Waals surface area contributed by atoms with Crippen molar-refractivity contribution in [2.24, 2.45) is 5.92 Å². The van der Waals surface area contributed by atoms with Crippen LogP contribution in [-0.2, 0) is 17.8 Å². The molecule has 0 aliphatic heterocycles. The molecule has 1 heterocycles. The molecule has 0 atom stereocenters. The van der Waals surface area contributed by atoms with Crippen molar-refractivity contribution in [1.29, 1.82) is 0 Å². The highest BCUT2D eigenvalue weighted by molar-refractivity contribution is 5.93. The Balaban J connectivity index is 1.57. The van der Waals surface area contributed by atoms with Gasteiger partial charge in [-0.05, 0) is 60.7 Å². The number of amides is 3. The number of methoxy groups -OCH3 is 2. The van der Waals surface area contributed by atoms with Gasteiger partial charge in [0.25, 0.3) is 0 Å². The van der Waals surface area contributed by atoms with Crippen LogP contribution in [0.5, 0.6) is 17.2 Å². The average molecular weight is 587 g/mol. The molecule has 0 saturated heterocycles. The number of aromatic nitrogens is 1. The molecule has 9 nitrogen and oxygen atoms in total. The molecule has 0 aliphatic carbocycles. The third-order valence-electron chi connectivity index (χ3n) is 7.13. The molecule has 228 valence electrons. The van der Waals surface area contributed by atoms with E-state index >= 15 is 0 Å². The van der Waals surface area contributed by atoms with Gasteiger partial charge in [0.1, 0.15) is 12.3 Å². The van der Waals surface area contributed by atoms with Gasteiger partial charge in [0.05, 0.1) is 26.5 Å². The van der Waals surface area contributed by atoms with Gasteiger partial charge in [0.2, 0.25) is 5.91 Å². The number of nitrogens with one attached hydrogen (secondary N) is 2. The molecule has 2 N–H and O–H groups in total. The third-order valence-corrected chi connectivity index (χ3v) is 7.13. The van der Waals surface area contributed by atoms with Crippen molar-refractivity contribution in [1.82, 2.24) is 14.8 Å². The molecule has 1 aromatic heterocycles. The lowest BCUT2D eigenvalue weighted by molar-refractivity contribution is -0.132. The number of rotatable bonds is 14. The van der Waals surface area contributed by atoms with E-state index in [1.165, 1.54) is 0 Å². The zero-order valence-corrected chi connectivity index (χ0v) is 25.7. The van der Waals surface area contributed by atoms with E-state index in [-0.39, 0.29) is 24.4 Å². The molecule has 9 heteroatoms. The lowest BCUT2D eigenvalue weighted by atomic mass is 10.1. The molecule has 0 aliphatic rings. The van der Waals surface area contributed by atoms with Crippen LogP contribution in [0, 0.1) is 5.92 Å². The predicted molar refractivity (Wildman–Crippen MR) is 170 cm³/mol. The number of carbonyl (C=O) groups is 2. The maximum Gasteiger partial charge on any atom is 0.322 e. The predicted octanol–water partition coefficient (Wildman–Crippen LogP) is 6.35. The molecular formula is C34H42N4O5. The van der Waals surface area contributed by atoms with Crippen LogP contribution in [0.2, 0.25) is 0 Å². The lowest BCUT2D eigenvalue weighted by Crippen LogP contribution is -2.46. The van der Waals surface area contributed by atoms with Crippen LogP contribution in [0.4, 0.5) is 10.5 Å². The highest BCUT2D eigenvalue weighted by Gasteiger charge is 2.24. The maximum atomic E-state index is 14.0. The standard InChI is InChI=1S/C34H42N4O5/c1-6-43-30-14-10-9-13-29(30)36-34(40)38(21-24(2)3)23-33(39)37(22-25-15-16-31(41-4)32(19-25)42-5)18-17-26-20-35-28-12-8-7-11-27(26)28/h7-16,19-20,24,35H,6,17-18,21-23H2,1-5H3,(H,36,40). The van der Waals surface area contributed by atoms with E-state index in [1.807, 2.05) is 81.6 Å². The molecule has 4 rings (SSSR count). The minimum atomic E-state index is -0.350. The summed E-state index contributed by atoms with van der Waals surface area (Å²) in [6.45, 7) is 7.59. The molecule has 0 bridgehead atoms. The van der Waals surface area contributed by atoms with Gasteiger partial charge in [-0.2, -0.15) is 0 Å². The summed E-state index contributed by atoms with van der Waals surface area (Å²) in [5.41, 5.74) is 3.65. The number of anilines is 1. The summed E-state index contributed by atoms with van der Waals surface area (Å²) in [7, 11) is 3.18. The van der Waals surface area contributed by atoms with Gasteiger partial charge in [-0.15, -0.1) is 0 Å². The van der Waals surface area contributed by atoms with Crippen LogP contribution in [0.25, 0.3) is 10.9 Å². The van der Waals surface area contributed by atoms with Crippen LogP contribution in [-0.4, -0.2) is 67.2 Å². The van der Waals surface area contributed by atoms with Crippen molar-refractivity contribution in [3.63, 3.8) is 0 Å². The molecule has 0 fully saturated rings. The van der Waals surface area contributed by atoms with E-state index in [1.54, 1.807) is 30.1 Å². The zero-order chi connectivity index (χ0) is 30.8. The van der Waals surface area contributed by atoms with Crippen molar-refractivity contribution in [3.05, 3.63) is 84.1 Å². The Kier molecular flexibility index (Phi) is 10.9. The summed E-state index contributed by atoms with van der Waals surface area (Å²) in [5, 5.41) is 4.09. The lowest BCUT2D eigenvalue weighted by Gasteiger charge is -2.29. The fourth-order valence-electron chi connectivity index (χ4n) is 5.05. The Morgan fingerprint density at radius 2 is 1.65 bits per heavy atom. The molecule has 3 amide bonds. The number of benzene rings is 3. The second-order valence-corrected chi connectivity index (χ2v) is 10.7. The number of H-pyrrole nitrogens is 1. The number of aromatic amines is 1. The summed E-state index contributed by atoms with van der Waals surface area (Å²) < 4.78 is 16.6. The molecule has 0 radical (unpaired) electrons. The number of urea groups is 1. The van der Waals surface area contributed by atoms with Gasteiger partial charge in [-0.3, -0.25) is 4.79 Å². The SMILES string of the molecule is CCOc1ccccc1NC(=O)N(CC(=O)N(CCc1c[nH]c2ccccc12)Cc1ccc(OC)c(OC)c1)CC(C)C. The first-order chi connectivity index (χ1) is 20.8. The minimum absolute atomic E-state index is 0.0675. The van der Waals surface area contributed by atoms with Crippen molar-refractivity contribution < 1.29 is 23.8 Å². The van der Waals surface area contributed by atoms with Gasteiger partial charge >= 0.3 is 6.03 Å². The maximum absolute atomic E-state index is 14.0. The van der Waals surface area contributed by atoms with Crippen LogP contribution in [0.3, 0.4) is 0 Å². The second-order valence-electron chi connectivity index (χ2n) is 10.7. The average Bonchev–Trinajstić information content (AvgIpc) is 3.42. The van der Waals surface area contributed by atoms with Crippen molar-refractivity contribution in [2.75, 3.05) is 45.8 Å². The number of hydrogen-bond acceptors (Lipinski definition) is 5. The summed E-state index contributed by atoms with van der Waals surface area (Å²) in [4.78, 5) is 34.2. The molecule has 0 spiro atoms. The summed E-state index contributed by atoms with van der Waals surface area (Å²) >= 11 is 0. The van der Waals surface area contributed by atoms with Crippen molar-refractivity contribution in [2.45, 2.75) is 33.7 Å². The molecular weight excluding hydrogens is 544 g/mol. The van der Waals surface area contributed by atoms with Crippen molar-refractivity contribution in [3.8, 4) is 17.2 Å². The number of ether oxygens (including phenoxy) is 3. The van der Waals surface area contributed by atoms with Gasteiger partial charge in [0, 0.05) is 36.7 Å². The van der Waals surface area contributed by atoms with Crippen LogP contribution >= 0.6 is 0 Å². The number of nitrogens with zero attached hydrogens (tertiary/aromatic N) is 2.